The summed E-state index contributed by atoms with van der Waals surface area (Å²) in [5.41, 5.74) is 3.03. The molecule has 6 nitrogen and oxygen atoms in total. The molecule has 2 aromatic carbocycles. The van der Waals surface area contributed by atoms with Gasteiger partial charge in [-0.1, -0.05) is 52.6 Å². The maximum atomic E-state index is 12.1. The zero-order valence-corrected chi connectivity index (χ0v) is 18.0. The fraction of sp³-hybridized carbons (Fsp3) is 0.190. The Balaban J connectivity index is 2.13. The Morgan fingerprint density at radius 3 is 2.57 bits per heavy atom. The summed E-state index contributed by atoms with van der Waals surface area (Å²) in [6.45, 7) is 1.94. The number of likely N-dealkylation sites (N-methyl/N-ethyl adjacent to an activating group) is 1. The van der Waals surface area contributed by atoms with Gasteiger partial charge in [0.2, 0.25) is 0 Å². The molecule has 0 bridgehead atoms. The minimum atomic E-state index is -0.350. The number of hydrogen-bond donors (Lipinski definition) is 1. The van der Waals surface area contributed by atoms with E-state index in [2.05, 4.69) is 50.1 Å². The van der Waals surface area contributed by atoms with E-state index >= 15 is 0 Å². The first-order chi connectivity index (χ1) is 13.6. The maximum Gasteiger partial charge on any atom is 0.273 e. The summed E-state index contributed by atoms with van der Waals surface area (Å²) >= 11 is 2.24. The third kappa shape index (κ3) is 6.09. The van der Waals surface area contributed by atoms with Gasteiger partial charge in [0, 0.05) is 27.3 Å². The van der Waals surface area contributed by atoms with Crippen molar-refractivity contribution in [1.82, 2.24) is 5.32 Å². The fourth-order valence-electron chi connectivity index (χ4n) is 2.24. The van der Waals surface area contributed by atoms with Crippen molar-refractivity contribution >= 4 is 39.9 Å². The average molecular weight is 489 g/mol. The summed E-state index contributed by atoms with van der Waals surface area (Å²) in [5, 5.41) is 10.4. The highest BCUT2D eigenvalue weighted by Gasteiger charge is 2.17. The summed E-state index contributed by atoms with van der Waals surface area (Å²) in [4.78, 5) is 22.3. The molecule has 1 amide bonds. The molecule has 0 unspecified atom stereocenters. The molecule has 144 valence electrons. The summed E-state index contributed by atoms with van der Waals surface area (Å²) in [6, 6.07) is 15.1. The minimum absolute atomic E-state index is 0.164. The molecule has 0 fully saturated rings. The van der Waals surface area contributed by atoms with Crippen LogP contribution in [0.5, 0.6) is 0 Å². The Kier molecular flexibility index (Phi) is 8.49. The Morgan fingerprint density at radius 1 is 1.14 bits per heavy atom. The van der Waals surface area contributed by atoms with Crippen LogP contribution in [0.2, 0.25) is 0 Å². The van der Waals surface area contributed by atoms with Crippen LogP contribution in [-0.4, -0.2) is 31.5 Å². The molecule has 7 heteroatoms. The Bertz CT molecular complexity index is 959. The minimum Gasteiger partial charge on any atom is -0.398 e. The van der Waals surface area contributed by atoms with Crippen LogP contribution in [-0.2, 0) is 21.1 Å². The lowest BCUT2D eigenvalue weighted by atomic mass is 10.0. The van der Waals surface area contributed by atoms with Crippen molar-refractivity contribution in [1.29, 1.82) is 0 Å². The number of halogens is 1. The van der Waals surface area contributed by atoms with Crippen molar-refractivity contribution in [3.63, 3.8) is 0 Å². The second-order valence-electron chi connectivity index (χ2n) is 5.54. The Hall–Kier alpha value is -2.86. The van der Waals surface area contributed by atoms with Crippen LogP contribution in [0.15, 0.2) is 58.8 Å². The van der Waals surface area contributed by atoms with Gasteiger partial charge in [-0.3, -0.25) is 4.79 Å². The fourth-order valence-corrected chi connectivity index (χ4v) is 2.76. The summed E-state index contributed by atoms with van der Waals surface area (Å²) in [5.74, 6) is 5.70. The van der Waals surface area contributed by atoms with Gasteiger partial charge in [-0.05, 0) is 47.6 Å². The Labute approximate surface area is 178 Å². The molecule has 28 heavy (non-hydrogen) atoms. The number of oxime groups is 2. The molecule has 2 aromatic rings. The third-order valence-corrected chi connectivity index (χ3v) is 4.51. The van der Waals surface area contributed by atoms with E-state index < -0.39 is 0 Å². The van der Waals surface area contributed by atoms with Crippen molar-refractivity contribution in [2.75, 3.05) is 14.2 Å². The second-order valence-corrected chi connectivity index (χ2v) is 6.70. The number of benzene rings is 2. The topological polar surface area (TPSA) is 72.3 Å². The van der Waals surface area contributed by atoms with Crippen LogP contribution >= 0.6 is 22.6 Å². The molecule has 1 N–H and O–H groups in total. The first kappa shape index (κ1) is 21.4. The number of carbonyl (C=O) groups excluding carboxylic acids is 1. The standard InChI is InChI=1S/C21H20IN3O3/c1-15(12-13-16-8-5-7-11-19(16)22)24-28-14-17-9-4-6-10-18(17)20(25-27-3)21(26)23-2/h4-11H,14H2,1-3H3,(H,23,26)/b24-15+,25-20+. The Morgan fingerprint density at radius 2 is 1.86 bits per heavy atom. The van der Waals surface area contributed by atoms with Crippen LogP contribution in [0.1, 0.15) is 23.6 Å². The van der Waals surface area contributed by atoms with E-state index in [4.69, 9.17) is 9.68 Å². The SMILES string of the molecule is CNC(=O)/C(=N/OC)c1ccccc1CO/N=C(\C)C#Cc1ccccc1I. The number of hydrogen-bond acceptors (Lipinski definition) is 5. The largest absolute Gasteiger partial charge is 0.398 e. The molecule has 2 rings (SSSR count). The average Bonchev–Trinajstić information content (AvgIpc) is 2.71. The smallest absolute Gasteiger partial charge is 0.273 e. The monoisotopic (exact) mass is 489 g/mol. The first-order valence-corrected chi connectivity index (χ1v) is 9.49. The number of nitrogens with one attached hydrogen (secondary N) is 1. The quantitative estimate of drug-likeness (QED) is 0.293. The van der Waals surface area contributed by atoms with E-state index in [1.54, 1.807) is 13.0 Å². The van der Waals surface area contributed by atoms with E-state index in [1.807, 2.05) is 42.5 Å². The summed E-state index contributed by atoms with van der Waals surface area (Å²) in [6.07, 6.45) is 0. The molecule has 0 aliphatic heterocycles. The molecule has 0 radical (unpaired) electrons. The zero-order valence-electron chi connectivity index (χ0n) is 15.8. The van der Waals surface area contributed by atoms with Gasteiger partial charge >= 0.3 is 0 Å². The van der Waals surface area contributed by atoms with Gasteiger partial charge in [-0.25, -0.2) is 0 Å². The van der Waals surface area contributed by atoms with Gasteiger partial charge in [-0.15, -0.1) is 0 Å². The van der Waals surface area contributed by atoms with Crippen LogP contribution in [0.3, 0.4) is 0 Å². The van der Waals surface area contributed by atoms with Gasteiger partial charge in [0.05, 0.1) is 0 Å². The normalized spacial score (nSPS) is 11.3. The van der Waals surface area contributed by atoms with Crippen molar-refractivity contribution in [3.8, 4) is 11.8 Å². The van der Waals surface area contributed by atoms with Crippen molar-refractivity contribution in [3.05, 3.63) is 68.8 Å². The predicted octanol–water partition coefficient (Wildman–Crippen LogP) is 3.33. The molecule has 0 saturated carbocycles. The molecule has 0 aliphatic rings. The molecule has 0 atom stereocenters. The molecule has 0 aliphatic carbocycles. The third-order valence-electron chi connectivity index (χ3n) is 3.57. The highest BCUT2D eigenvalue weighted by molar-refractivity contribution is 14.1. The number of nitrogens with zero attached hydrogens (tertiary/aromatic N) is 2. The lowest BCUT2D eigenvalue weighted by Crippen LogP contribution is -2.29. The predicted molar refractivity (Wildman–Crippen MR) is 118 cm³/mol. The van der Waals surface area contributed by atoms with Crippen LogP contribution < -0.4 is 5.32 Å². The van der Waals surface area contributed by atoms with Crippen molar-refractivity contribution < 1.29 is 14.5 Å². The van der Waals surface area contributed by atoms with E-state index in [0.29, 0.717) is 11.3 Å². The van der Waals surface area contributed by atoms with Crippen LogP contribution in [0, 0.1) is 15.4 Å². The molecule has 0 saturated heterocycles. The molecular formula is C21H20IN3O3. The van der Waals surface area contributed by atoms with Gasteiger partial charge < -0.3 is 15.0 Å². The van der Waals surface area contributed by atoms with Crippen molar-refractivity contribution in [2.45, 2.75) is 13.5 Å². The molecule has 0 aromatic heterocycles. The van der Waals surface area contributed by atoms with E-state index in [-0.39, 0.29) is 18.2 Å². The molecule has 0 heterocycles. The summed E-state index contributed by atoms with van der Waals surface area (Å²) < 4.78 is 1.08. The highest BCUT2D eigenvalue weighted by Crippen LogP contribution is 2.13. The highest BCUT2D eigenvalue weighted by atomic mass is 127. The first-order valence-electron chi connectivity index (χ1n) is 8.41. The van der Waals surface area contributed by atoms with E-state index in [1.165, 1.54) is 14.2 Å². The van der Waals surface area contributed by atoms with Crippen LogP contribution in [0.4, 0.5) is 0 Å². The second kappa shape index (κ2) is 11.1. The van der Waals surface area contributed by atoms with Crippen LogP contribution in [0.25, 0.3) is 0 Å². The maximum absolute atomic E-state index is 12.1. The van der Waals surface area contributed by atoms with E-state index in [9.17, 15) is 4.79 Å². The van der Waals surface area contributed by atoms with E-state index in [0.717, 1.165) is 14.7 Å². The van der Waals surface area contributed by atoms with Gasteiger partial charge in [-0.2, -0.15) is 0 Å². The molecular weight excluding hydrogens is 469 g/mol. The summed E-state index contributed by atoms with van der Waals surface area (Å²) in [7, 11) is 2.93. The lowest BCUT2D eigenvalue weighted by molar-refractivity contribution is -0.114. The molecule has 0 spiro atoms. The lowest BCUT2D eigenvalue weighted by Gasteiger charge is -2.09. The van der Waals surface area contributed by atoms with Gasteiger partial charge in [0.25, 0.3) is 5.91 Å². The van der Waals surface area contributed by atoms with Gasteiger partial charge in [0.15, 0.2) is 5.71 Å². The van der Waals surface area contributed by atoms with Gasteiger partial charge in [0.1, 0.15) is 19.4 Å². The number of carbonyl (C=O) groups is 1. The number of rotatable bonds is 6. The van der Waals surface area contributed by atoms with Crippen molar-refractivity contribution in [2.24, 2.45) is 10.3 Å². The number of amides is 1. The zero-order chi connectivity index (χ0) is 20.4.